The van der Waals surface area contributed by atoms with Gasteiger partial charge in [0, 0.05) is 18.0 Å². The van der Waals surface area contributed by atoms with E-state index in [2.05, 4.69) is 4.98 Å². The number of allylic oxidation sites excluding steroid dienone is 1. The molecule has 1 aromatic carbocycles. The predicted octanol–water partition coefficient (Wildman–Crippen LogP) is 3.29. The van der Waals surface area contributed by atoms with Crippen LogP contribution in [0.25, 0.3) is 6.08 Å². The molecule has 2 rings (SSSR count). The number of nitrogens with zero attached hydrogens (tertiary/aromatic N) is 1. The summed E-state index contributed by atoms with van der Waals surface area (Å²) in [5.74, 6) is 0.0203. The molecule has 84 valence electrons. The second-order valence-corrected chi connectivity index (χ2v) is 3.80. The Balaban J connectivity index is 2.18. The molecular formula is C15H13NO. The minimum Gasteiger partial charge on any atom is -0.289 e. The third kappa shape index (κ3) is 2.88. The van der Waals surface area contributed by atoms with Crippen molar-refractivity contribution in [3.63, 3.8) is 0 Å². The number of carbonyl (C=O) groups is 1. The van der Waals surface area contributed by atoms with Crippen LogP contribution in [0.4, 0.5) is 0 Å². The quantitative estimate of drug-likeness (QED) is 0.590. The van der Waals surface area contributed by atoms with Gasteiger partial charge in [-0.1, -0.05) is 30.3 Å². The Morgan fingerprint density at radius 1 is 1.18 bits per heavy atom. The fourth-order valence-corrected chi connectivity index (χ4v) is 1.59. The average molecular weight is 223 g/mol. The van der Waals surface area contributed by atoms with Gasteiger partial charge < -0.3 is 0 Å². The number of hydrogen-bond acceptors (Lipinski definition) is 2. The minimum atomic E-state index is 0.0203. The normalized spacial score (nSPS) is 10.6. The second kappa shape index (κ2) is 5.21. The van der Waals surface area contributed by atoms with E-state index < -0.39 is 0 Å². The van der Waals surface area contributed by atoms with Crippen molar-refractivity contribution in [3.05, 3.63) is 71.6 Å². The smallest absolute Gasteiger partial charge is 0.186 e. The van der Waals surface area contributed by atoms with E-state index >= 15 is 0 Å². The molecular weight excluding hydrogens is 210 g/mol. The molecule has 2 nitrogen and oxygen atoms in total. The van der Waals surface area contributed by atoms with Gasteiger partial charge in [-0.3, -0.25) is 9.78 Å². The molecule has 1 aromatic heterocycles. The van der Waals surface area contributed by atoms with Crippen molar-refractivity contribution in [3.8, 4) is 0 Å². The van der Waals surface area contributed by atoms with Crippen molar-refractivity contribution in [2.45, 2.75) is 6.92 Å². The maximum atomic E-state index is 11.9. The van der Waals surface area contributed by atoms with Crippen molar-refractivity contribution in [2.75, 3.05) is 0 Å². The highest BCUT2D eigenvalue weighted by Crippen LogP contribution is 2.09. The topological polar surface area (TPSA) is 30.0 Å². The third-order valence-electron chi connectivity index (χ3n) is 2.52. The van der Waals surface area contributed by atoms with Crippen molar-refractivity contribution < 1.29 is 4.79 Å². The van der Waals surface area contributed by atoms with E-state index in [1.165, 1.54) is 0 Å². The molecule has 0 amide bonds. The lowest BCUT2D eigenvalue weighted by atomic mass is 10.0. The number of pyridine rings is 1. The van der Waals surface area contributed by atoms with Gasteiger partial charge in [-0.15, -0.1) is 0 Å². The minimum absolute atomic E-state index is 0.0203. The maximum Gasteiger partial charge on any atom is 0.186 e. The van der Waals surface area contributed by atoms with Crippen molar-refractivity contribution in [1.29, 1.82) is 0 Å². The molecule has 0 aliphatic heterocycles. The summed E-state index contributed by atoms with van der Waals surface area (Å²) in [6.07, 6.45) is 6.79. The van der Waals surface area contributed by atoms with E-state index in [1.807, 2.05) is 43.3 Å². The highest BCUT2D eigenvalue weighted by Gasteiger charge is 2.03. The zero-order valence-electron chi connectivity index (χ0n) is 9.63. The maximum absolute atomic E-state index is 11.9. The second-order valence-electron chi connectivity index (χ2n) is 3.80. The predicted molar refractivity (Wildman–Crippen MR) is 68.8 cm³/mol. The summed E-state index contributed by atoms with van der Waals surface area (Å²) in [6, 6.07) is 11.3. The van der Waals surface area contributed by atoms with Gasteiger partial charge in [-0.25, -0.2) is 0 Å². The lowest BCUT2D eigenvalue weighted by molar-refractivity contribution is 0.104. The Morgan fingerprint density at radius 2 is 2.00 bits per heavy atom. The highest BCUT2D eigenvalue weighted by atomic mass is 16.1. The molecule has 2 heteroatoms. The third-order valence-corrected chi connectivity index (χ3v) is 2.52. The molecule has 0 saturated heterocycles. The molecule has 0 atom stereocenters. The molecule has 2 aromatic rings. The van der Waals surface area contributed by atoms with Crippen LogP contribution >= 0.6 is 0 Å². The molecule has 0 aliphatic rings. The van der Waals surface area contributed by atoms with Crippen LogP contribution in [0.2, 0.25) is 0 Å². The molecule has 0 aliphatic carbocycles. The molecule has 0 bridgehead atoms. The SMILES string of the molecule is Cc1ccccc1C(=O)/C=C/c1cccnc1. The first-order valence-corrected chi connectivity index (χ1v) is 5.45. The van der Waals surface area contributed by atoms with Crippen molar-refractivity contribution in [2.24, 2.45) is 0 Å². The first-order valence-electron chi connectivity index (χ1n) is 5.45. The summed E-state index contributed by atoms with van der Waals surface area (Å²) in [6.45, 7) is 1.94. The molecule has 0 fully saturated rings. The summed E-state index contributed by atoms with van der Waals surface area (Å²) in [7, 11) is 0. The first kappa shape index (κ1) is 11.3. The fraction of sp³-hybridized carbons (Fsp3) is 0.0667. The molecule has 0 radical (unpaired) electrons. The van der Waals surface area contributed by atoms with Gasteiger partial charge in [-0.05, 0) is 36.3 Å². The van der Waals surface area contributed by atoms with Crippen LogP contribution in [-0.4, -0.2) is 10.8 Å². The standard InChI is InChI=1S/C15H13NO/c1-12-5-2-3-7-14(12)15(17)9-8-13-6-4-10-16-11-13/h2-11H,1H3/b9-8+. The van der Waals surface area contributed by atoms with Gasteiger partial charge in [0.05, 0.1) is 0 Å². The lowest BCUT2D eigenvalue weighted by Crippen LogP contribution is -1.96. The Hall–Kier alpha value is -2.22. The monoisotopic (exact) mass is 223 g/mol. The van der Waals surface area contributed by atoms with Crippen molar-refractivity contribution in [1.82, 2.24) is 4.98 Å². The van der Waals surface area contributed by atoms with Gasteiger partial charge in [0.2, 0.25) is 0 Å². The number of rotatable bonds is 3. The van der Waals surface area contributed by atoms with Gasteiger partial charge in [0.15, 0.2) is 5.78 Å². The molecule has 0 saturated carbocycles. The van der Waals surface area contributed by atoms with Crippen molar-refractivity contribution >= 4 is 11.9 Å². The summed E-state index contributed by atoms with van der Waals surface area (Å²) in [5, 5.41) is 0. The Morgan fingerprint density at radius 3 is 2.71 bits per heavy atom. The summed E-state index contributed by atoms with van der Waals surface area (Å²) in [4.78, 5) is 15.9. The van der Waals surface area contributed by atoms with Crippen LogP contribution in [0.15, 0.2) is 54.9 Å². The van der Waals surface area contributed by atoms with Gasteiger partial charge in [-0.2, -0.15) is 0 Å². The van der Waals surface area contributed by atoms with E-state index in [0.717, 1.165) is 16.7 Å². The number of carbonyl (C=O) groups excluding carboxylic acids is 1. The van der Waals surface area contributed by atoms with E-state index in [-0.39, 0.29) is 5.78 Å². The summed E-state index contributed by atoms with van der Waals surface area (Å²) >= 11 is 0. The molecule has 0 unspecified atom stereocenters. The molecule has 0 spiro atoms. The number of benzene rings is 1. The number of aryl methyl sites for hydroxylation is 1. The lowest BCUT2D eigenvalue weighted by Gasteiger charge is -1.99. The zero-order chi connectivity index (χ0) is 12.1. The van der Waals surface area contributed by atoms with E-state index in [4.69, 9.17) is 0 Å². The largest absolute Gasteiger partial charge is 0.289 e. The Labute approximate surface area is 101 Å². The first-order chi connectivity index (χ1) is 8.27. The average Bonchev–Trinajstić information content (AvgIpc) is 2.38. The van der Waals surface area contributed by atoms with E-state index in [9.17, 15) is 4.79 Å². The molecule has 17 heavy (non-hydrogen) atoms. The molecule has 1 heterocycles. The number of ketones is 1. The van der Waals surface area contributed by atoms with Crippen LogP contribution in [0.3, 0.4) is 0 Å². The Kier molecular flexibility index (Phi) is 3.46. The van der Waals surface area contributed by atoms with Crippen LogP contribution in [0.5, 0.6) is 0 Å². The van der Waals surface area contributed by atoms with E-state index in [1.54, 1.807) is 24.5 Å². The number of aromatic nitrogens is 1. The van der Waals surface area contributed by atoms with Gasteiger partial charge >= 0.3 is 0 Å². The molecule has 0 N–H and O–H groups in total. The van der Waals surface area contributed by atoms with Crippen LogP contribution in [0.1, 0.15) is 21.5 Å². The van der Waals surface area contributed by atoms with Gasteiger partial charge in [0.25, 0.3) is 0 Å². The zero-order valence-corrected chi connectivity index (χ0v) is 9.63. The summed E-state index contributed by atoms with van der Waals surface area (Å²) < 4.78 is 0. The Bertz CT molecular complexity index is 544. The van der Waals surface area contributed by atoms with Gasteiger partial charge in [0.1, 0.15) is 0 Å². The summed E-state index contributed by atoms with van der Waals surface area (Å²) in [5.41, 5.74) is 2.66. The van der Waals surface area contributed by atoms with E-state index in [0.29, 0.717) is 0 Å². The van der Waals surface area contributed by atoms with Crippen LogP contribution in [-0.2, 0) is 0 Å². The number of hydrogen-bond donors (Lipinski definition) is 0. The van der Waals surface area contributed by atoms with Crippen LogP contribution in [0, 0.1) is 6.92 Å². The van der Waals surface area contributed by atoms with Crippen LogP contribution < -0.4 is 0 Å². The highest BCUT2D eigenvalue weighted by molar-refractivity contribution is 6.07. The fourth-order valence-electron chi connectivity index (χ4n) is 1.59.